The molecule has 0 aliphatic heterocycles. The van der Waals surface area contributed by atoms with Gasteiger partial charge in [-0.3, -0.25) is 0 Å². The van der Waals surface area contributed by atoms with Gasteiger partial charge in [-0.25, -0.2) is 0 Å². The van der Waals surface area contributed by atoms with Gasteiger partial charge in [0.05, 0.1) is 0 Å². The van der Waals surface area contributed by atoms with Gasteiger partial charge in [0.1, 0.15) is 0 Å². The number of nitrogens with zero attached hydrogens (tertiary/aromatic N) is 1. The van der Waals surface area contributed by atoms with Crippen LogP contribution in [0, 0.1) is 5.92 Å². The van der Waals surface area contributed by atoms with Gasteiger partial charge in [0, 0.05) is 12.6 Å². The number of hydrogen-bond acceptors (Lipinski definition) is 2. The molecule has 0 amide bonds. The summed E-state index contributed by atoms with van der Waals surface area (Å²) in [5, 5.41) is 0. The van der Waals surface area contributed by atoms with Crippen LogP contribution in [-0.4, -0.2) is 31.6 Å². The summed E-state index contributed by atoms with van der Waals surface area (Å²) in [5.41, 5.74) is 5.61. The normalized spacial score (nSPS) is 15.0. The van der Waals surface area contributed by atoms with E-state index in [0.29, 0.717) is 12.0 Å². The summed E-state index contributed by atoms with van der Waals surface area (Å²) in [7, 11) is 4.17. The first-order valence-corrected chi connectivity index (χ1v) is 5.00. The summed E-state index contributed by atoms with van der Waals surface area (Å²) in [4.78, 5) is 2.20. The van der Waals surface area contributed by atoms with Gasteiger partial charge in [-0.15, -0.1) is 0 Å². The Hall–Kier alpha value is -0.0800. The minimum absolute atomic E-state index is 0.546. The molecule has 2 unspecified atom stereocenters. The molecule has 0 saturated carbocycles. The highest BCUT2D eigenvalue weighted by Crippen LogP contribution is 2.10. The van der Waals surface area contributed by atoms with Crippen LogP contribution in [0.4, 0.5) is 0 Å². The Kier molecular flexibility index (Phi) is 10.8. The molecule has 0 rings (SSSR count). The Morgan fingerprint density at radius 3 is 1.75 bits per heavy atom. The maximum Gasteiger partial charge on any atom is 0.0237 e. The third-order valence-electron chi connectivity index (χ3n) is 2.21. The average Bonchev–Trinajstić information content (AvgIpc) is 2.08. The molecule has 0 aromatic carbocycles. The number of hydrogen-bond donors (Lipinski definition) is 1. The van der Waals surface area contributed by atoms with Crippen molar-refractivity contribution in [2.24, 2.45) is 11.7 Å². The van der Waals surface area contributed by atoms with Crippen LogP contribution in [-0.2, 0) is 0 Å². The lowest BCUT2D eigenvalue weighted by atomic mass is 9.99. The molecule has 0 aliphatic rings. The number of nitrogens with two attached hydrogens (primary N) is 1. The van der Waals surface area contributed by atoms with Crippen molar-refractivity contribution in [1.82, 2.24) is 4.90 Å². The van der Waals surface area contributed by atoms with E-state index in [1.807, 2.05) is 13.8 Å². The highest BCUT2D eigenvalue weighted by Gasteiger charge is 2.15. The van der Waals surface area contributed by atoms with E-state index >= 15 is 0 Å². The van der Waals surface area contributed by atoms with Gasteiger partial charge in [0.2, 0.25) is 0 Å². The van der Waals surface area contributed by atoms with E-state index in [9.17, 15) is 0 Å². The molecule has 0 aromatic heterocycles. The van der Waals surface area contributed by atoms with Crippen LogP contribution in [0.3, 0.4) is 0 Å². The Morgan fingerprint density at radius 2 is 1.67 bits per heavy atom. The molecular weight excluding hydrogens is 148 g/mol. The highest BCUT2D eigenvalue weighted by molar-refractivity contribution is 4.72. The molecule has 76 valence electrons. The van der Waals surface area contributed by atoms with Gasteiger partial charge in [0.25, 0.3) is 0 Å². The van der Waals surface area contributed by atoms with Gasteiger partial charge >= 0.3 is 0 Å². The molecule has 0 aliphatic carbocycles. The Balaban J connectivity index is 0. The van der Waals surface area contributed by atoms with E-state index in [-0.39, 0.29) is 0 Å². The van der Waals surface area contributed by atoms with Gasteiger partial charge in [-0.05, 0) is 20.0 Å². The Labute approximate surface area is 78.1 Å². The fraction of sp³-hybridized carbons (Fsp3) is 1.00. The van der Waals surface area contributed by atoms with Gasteiger partial charge < -0.3 is 10.6 Å². The van der Waals surface area contributed by atoms with Crippen molar-refractivity contribution in [3.8, 4) is 0 Å². The molecule has 2 N–H and O–H groups in total. The summed E-state index contributed by atoms with van der Waals surface area (Å²) in [6.07, 6.45) is 1.21. The van der Waals surface area contributed by atoms with Crippen LogP contribution < -0.4 is 5.73 Å². The molecule has 0 heterocycles. The number of rotatable bonds is 4. The molecule has 2 atom stereocenters. The molecule has 0 bridgehead atoms. The minimum Gasteiger partial charge on any atom is -0.329 e. The van der Waals surface area contributed by atoms with Gasteiger partial charge in [0.15, 0.2) is 0 Å². The third-order valence-corrected chi connectivity index (χ3v) is 2.21. The van der Waals surface area contributed by atoms with Crippen molar-refractivity contribution in [2.45, 2.75) is 40.2 Å². The largest absolute Gasteiger partial charge is 0.329 e. The van der Waals surface area contributed by atoms with E-state index in [1.165, 1.54) is 6.42 Å². The van der Waals surface area contributed by atoms with E-state index in [4.69, 9.17) is 5.73 Å². The van der Waals surface area contributed by atoms with Crippen LogP contribution in [0.15, 0.2) is 0 Å². The van der Waals surface area contributed by atoms with Crippen LogP contribution in [0.25, 0.3) is 0 Å². The van der Waals surface area contributed by atoms with Crippen molar-refractivity contribution in [1.29, 1.82) is 0 Å². The first-order chi connectivity index (χ1) is 5.63. The molecule has 0 saturated heterocycles. The topological polar surface area (TPSA) is 29.3 Å². The van der Waals surface area contributed by atoms with E-state index < -0.39 is 0 Å². The Bertz CT molecular complexity index is 81.9. The second-order valence-electron chi connectivity index (χ2n) is 3.15. The van der Waals surface area contributed by atoms with Crippen molar-refractivity contribution in [3.63, 3.8) is 0 Å². The van der Waals surface area contributed by atoms with Crippen LogP contribution in [0.2, 0.25) is 0 Å². The SMILES string of the molecule is CC.CCC(C)C(CN)N(C)C. The summed E-state index contributed by atoms with van der Waals surface area (Å²) < 4.78 is 0. The zero-order chi connectivity index (χ0) is 10.1. The Morgan fingerprint density at radius 1 is 1.25 bits per heavy atom. The van der Waals surface area contributed by atoms with Crippen molar-refractivity contribution >= 4 is 0 Å². The molecule has 0 spiro atoms. The van der Waals surface area contributed by atoms with E-state index in [0.717, 1.165) is 6.54 Å². The lowest BCUT2D eigenvalue weighted by molar-refractivity contribution is 0.222. The minimum atomic E-state index is 0.546. The van der Waals surface area contributed by atoms with Crippen LogP contribution in [0.5, 0.6) is 0 Å². The molecular formula is C10H26N2. The predicted molar refractivity (Wildman–Crippen MR) is 57.3 cm³/mol. The van der Waals surface area contributed by atoms with Gasteiger partial charge in [-0.2, -0.15) is 0 Å². The van der Waals surface area contributed by atoms with Crippen molar-refractivity contribution < 1.29 is 0 Å². The van der Waals surface area contributed by atoms with E-state index in [2.05, 4.69) is 32.8 Å². The fourth-order valence-electron chi connectivity index (χ4n) is 1.22. The smallest absolute Gasteiger partial charge is 0.0237 e. The fourth-order valence-corrected chi connectivity index (χ4v) is 1.22. The third kappa shape index (κ3) is 5.56. The standard InChI is InChI=1S/C8H20N2.C2H6/c1-5-7(2)8(6-9)10(3)4;1-2/h7-8H,5-6,9H2,1-4H3;1-2H3. The lowest BCUT2D eigenvalue weighted by Gasteiger charge is -2.27. The van der Waals surface area contributed by atoms with Crippen molar-refractivity contribution in [2.75, 3.05) is 20.6 Å². The van der Waals surface area contributed by atoms with Crippen molar-refractivity contribution in [3.05, 3.63) is 0 Å². The maximum atomic E-state index is 5.61. The summed E-state index contributed by atoms with van der Waals surface area (Å²) in [6.45, 7) is 9.22. The predicted octanol–water partition coefficient (Wildman–Crippen LogP) is 1.95. The quantitative estimate of drug-likeness (QED) is 0.706. The number of likely N-dealkylation sites (N-methyl/N-ethyl adjacent to an activating group) is 1. The second-order valence-corrected chi connectivity index (χ2v) is 3.15. The second kappa shape index (κ2) is 9.01. The summed E-state index contributed by atoms with van der Waals surface area (Å²) >= 11 is 0. The molecule has 0 fully saturated rings. The lowest BCUT2D eigenvalue weighted by Crippen LogP contribution is -2.39. The summed E-state index contributed by atoms with van der Waals surface area (Å²) in [6, 6.07) is 0.546. The van der Waals surface area contributed by atoms with Gasteiger partial charge in [-0.1, -0.05) is 34.1 Å². The van der Waals surface area contributed by atoms with E-state index in [1.54, 1.807) is 0 Å². The molecule has 0 aromatic rings. The zero-order valence-electron chi connectivity index (χ0n) is 9.59. The molecule has 12 heavy (non-hydrogen) atoms. The first-order valence-electron chi connectivity index (χ1n) is 5.00. The average molecular weight is 174 g/mol. The highest BCUT2D eigenvalue weighted by atomic mass is 15.1. The molecule has 2 nitrogen and oxygen atoms in total. The first kappa shape index (κ1) is 14.4. The van der Waals surface area contributed by atoms with Crippen LogP contribution in [0.1, 0.15) is 34.1 Å². The summed E-state index contributed by atoms with van der Waals surface area (Å²) in [5.74, 6) is 0.708. The zero-order valence-corrected chi connectivity index (χ0v) is 9.59. The van der Waals surface area contributed by atoms with Crippen LogP contribution >= 0.6 is 0 Å². The monoisotopic (exact) mass is 174 g/mol. The molecule has 2 heteroatoms. The maximum absolute atomic E-state index is 5.61. The molecule has 0 radical (unpaired) electrons.